The lowest BCUT2D eigenvalue weighted by atomic mass is 10.4. The predicted molar refractivity (Wildman–Crippen MR) is 69.1 cm³/mol. The highest BCUT2D eigenvalue weighted by molar-refractivity contribution is 7.89. The minimum absolute atomic E-state index is 0.00501. The summed E-state index contributed by atoms with van der Waals surface area (Å²) in [6.07, 6.45) is 7.35. The van der Waals surface area contributed by atoms with Crippen LogP contribution >= 0.6 is 11.6 Å². The highest BCUT2D eigenvalue weighted by Crippen LogP contribution is 2.08. The molecule has 0 bridgehead atoms. The first-order valence-corrected chi connectivity index (χ1v) is 7.29. The molecule has 1 N–H and O–H groups in total. The minimum atomic E-state index is -3.65. The maximum Gasteiger partial charge on any atom is 0.243 e. The number of hydrogen-bond donors (Lipinski definition) is 1. The van der Waals surface area contributed by atoms with E-state index in [1.807, 2.05) is 0 Å². The number of hydrogen-bond acceptors (Lipinski definition) is 5. The number of halogens is 1. The van der Waals surface area contributed by atoms with Crippen LogP contribution in [0.15, 0.2) is 36.0 Å². The molecule has 2 heterocycles. The van der Waals surface area contributed by atoms with Gasteiger partial charge in [0.25, 0.3) is 0 Å². The SMILES string of the molecule is CC(Cn1ccnc1)NS(=O)(=O)c1cnc(Cl)nc1. The Morgan fingerprint density at radius 2 is 2.11 bits per heavy atom. The molecule has 0 radical (unpaired) electrons. The Labute approximate surface area is 115 Å². The standard InChI is InChI=1S/C10H12ClN5O2S/c1-8(6-16-3-2-12-7-16)15-19(17,18)9-4-13-10(11)14-5-9/h2-5,7-8,15H,6H2,1H3. The summed E-state index contributed by atoms with van der Waals surface area (Å²) >= 11 is 5.51. The molecule has 0 aliphatic heterocycles. The van der Waals surface area contributed by atoms with Gasteiger partial charge in [-0.15, -0.1) is 0 Å². The lowest BCUT2D eigenvalue weighted by Gasteiger charge is -2.14. The number of nitrogens with one attached hydrogen (secondary N) is 1. The fourth-order valence-corrected chi connectivity index (χ4v) is 2.74. The summed E-state index contributed by atoms with van der Waals surface area (Å²) in [4.78, 5) is 11.2. The fraction of sp³-hybridized carbons (Fsp3) is 0.300. The van der Waals surface area contributed by atoms with E-state index in [1.54, 1.807) is 30.2 Å². The molecule has 2 aromatic rings. The zero-order valence-corrected chi connectivity index (χ0v) is 11.6. The number of aromatic nitrogens is 4. The van der Waals surface area contributed by atoms with E-state index in [-0.39, 0.29) is 16.2 Å². The van der Waals surface area contributed by atoms with Gasteiger partial charge in [0.05, 0.1) is 18.7 Å². The second-order valence-corrected chi connectivity index (χ2v) is 6.02. The first kappa shape index (κ1) is 13.9. The van der Waals surface area contributed by atoms with Crippen molar-refractivity contribution >= 4 is 21.6 Å². The summed E-state index contributed by atoms with van der Waals surface area (Å²) in [5.74, 6) is 0. The molecule has 7 nitrogen and oxygen atoms in total. The van der Waals surface area contributed by atoms with Crippen molar-refractivity contribution in [2.45, 2.75) is 24.4 Å². The van der Waals surface area contributed by atoms with Crippen LogP contribution in [0.25, 0.3) is 0 Å². The van der Waals surface area contributed by atoms with Crippen LogP contribution in [0, 0.1) is 0 Å². The van der Waals surface area contributed by atoms with Gasteiger partial charge in [-0.05, 0) is 18.5 Å². The molecule has 2 rings (SSSR count). The second-order valence-electron chi connectivity index (χ2n) is 3.97. The molecule has 9 heteroatoms. The Bertz CT molecular complexity index is 626. The van der Waals surface area contributed by atoms with Gasteiger partial charge in [0.15, 0.2) is 0 Å². The lowest BCUT2D eigenvalue weighted by Crippen LogP contribution is -2.35. The Morgan fingerprint density at radius 3 is 2.68 bits per heavy atom. The Kier molecular flexibility index (Phi) is 4.13. The molecule has 0 saturated heterocycles. The van der Waals surface area contributed by atoms with Crippen molar-refractivity contribution in [3.8, 4) is 0 Å². The van der Waals surface area contributed by atoms with Crippen LogP contribution in [0.2, 0.25) is 5.28 Å². The molecule has 0 amide bonds. The van der Waals surface area contributed by atoms with E-state index in [9.17, 15) is 8.42 Å². The molecule has 102 valence electrons. The zero-order chi connectivity index (χ0) is 13.9. The van der Waals surface area contributed by atoms with E-state index < -0.39 is 10.0 Å². The van der Waals surface area contributed by atoms with Crippen molar-refractivity contribution in [3.63, 3.8) is 0 Å². The molecule has 0 saturated carbocycles. The minimum Gasteiger partial charge on any atom is -0.336 e. The molecule has 0 aliphatic carbocycles. The summed E-state index contributed by atoms with van der Waals surface area (Å²) in [7, 11) is -3.65. The lowest BCUT2D eigenvalue weighted by molar-refractivity contribution is 0.520. The largest absolute Gasteiger partial charge is 0.336 e. The van der Waals surface area contributed by atoms with Crippen LogP contribution in [-0.4, -0.2) is 34.0 Å². The van der Waals surface area contributed by atoms with Crippen LogP contribution < -0.4 is 4.72 Å². The van der Waals surface area contributed by atoms with E-state index in [0.29, 0.717) is 6.54 Å². The molecule has 0 aromatic carbocycles. The van der Waals surface area contributed by atoms with Crippen LogP contribution in [0.5, 0.6) is 0 Å². The van der Waals surface area contributed by atoms with Gasteiger partial charge < -0.3 is 4.57 Å². The quantitative estimate of drug-likeness (QED) is 0.821. The zero-order valence-electron chi connectivity index (χ0n) is 10.1. The van der Waals surface area contributed by atoms with Crippen molar-refractivity contribution in [1.82, 2.24) is 24.2 Å². The predicted octanol–water partition coefficient (Wildman–Crippen LogP) is 0.694. The number of nitrogens with zero attached hydrogens (tertiary/aromatic N) is 4. The van der Waals surface area contributed by atoms with Crippen molar-refractivity contribution in [3.05, 3.63) is 36.4 Å². The van der Waals surface area contributed by atoms with Crippen molar-refractivity contribution in [2.24, 2.45) is 0 Å². The average Bonchev–Trinajstić information content (AvgIpc) is 2.81. The van der Waals surface area contributed by atoms with Gasteiger partial charge in [0.2, 0.25) is 15.3 Å². The molecular weight excluding hydrogens is 290 g/mol. The van der Waals surface area contributed by atoms with Crippen LogP contribution in [-0.2, 0) is 16.6 Å². The summed E-state index contributed by atoms with van der Waals surface area (Å²) in [6, 6.07) is -0.296. The van der Waals surface area contributed by atoms with Crippen molar-refractivity contribution in [1.29, 1.82) is 0 Å². The smallest absolute Gasteiger partial charge is 0.243 e. The van der Waals surface area contributed by atoms with Gasteiger partial charge in [-0.3, -0.25) is 0 Å². The third-order valence-corrected chi connectivity index (χ3v) is 4.05. The molecule has 0 fully saturated rings. The Morgan fingerprint density at radius 1 is 1.42 bits per heavy atom. The second kappa shape index (κ2) is 5.64. The average molecular weight is 302 g/mol. The van der Waals surface area contributed by atoms with Crippen molar-refractivity contribution < 1.29 is 8.42 Å². The van der Waals surface area contributed by atoms with E-state index in [0.717, 1.165) is 0 Å². The van der Waals surface area contributed by atoms with Gasteiger partial charge in [-0.2, -0.15) is 0 Å². The van der Waals surface area contributed by atoms with Crippen molar-refractivity contribution in [2.75, 3.05) is 0 Å². The molecule has 0 aliphatic rings. The monoisotopic (exact) mass is 301 g/mol. The summed E-state index contributed by atoms with van der Waals surface area (Å²) in [5, 5.41) is 0.00501. The van der Waals surface area contributed by atoms with E-state index in [1.165, 1.54) is 12.4 Å². The molecule has 1 atom stereocenters. The fourth-order valence-electron chi connectivity index (χ4n) is 1.52. The van der Waals surface area contributed by atoms with Gasteiger partial charge in [0.1, 0.15) is 4.90 Å². The summed E-state index contributed by atoms with van der Waals surface area (Å²) < 4.78 is 28.4. The molecule has 0 spiro atoms. The molecule has 1 unspecified atom stereocenters. The summed E-state index contributed by atoms with van der Waals surface area (Å²) in [6.45, 7) is 2.24. The number of rotatable bonds is 5. The molecule has 19 heavy (non-hydrogen) atoms. The highest BCUT2D eigenvalue weighted by Gasteiger charge is 2.18. The summed E-state index contributed by atoms with van der Waals surface area (Å²) in [5.41, 5.74) is 0. The number of sulfonamides is 1. The Balaban J connectivity index is 2.06. The van der Waals surface area contributed by atoms with Crippen LogP contribution in [0.3, 0.4) is 0 Å². The molecular formula is C10H12ClN5O2S. The third kappa shape index (κ3) is 3.72. The van der Waals surface area contributed by atoms with Gasteiger partial charge in [-0.1, -0.05) is 0 Å². The maximum atomic E-state index is 12.0. The third-order valence-electron chi connectivity index (χ3n) is 2.31. The highest BCUT2D eigenvalue weighted by atomic mass is 35.5. The van der Waals surface area contributed by atoms with Gasteiger partial charge >= 0.3 is 0 Å². The Hall–Kier alpha value is -1.51. The van der Waals surface area contributed by atoms with E-state index in [2.05, 4.69) is 19.7 Å². The normalized spacial score (nSPS) is 13.4. The first-order valence-electron chi connectivity index (χ1n) is 5.43. The topological polar surface area (TPSA) is 89.8 Å². The molecule has 2 aromatic heterocycles. The van der Waals surface area contributed by atoms with Gasteiger partial charge in [0, 0.05) is 25.0 Å². The van der Waals surface area contributed by atoms with E-state index >= 15 is 0 Å². The van der Waals surface area contributed by atoms with Gasteiger partial charge in [-0.25, -0.2) is 28.1 Å². The number of imidazole rings is 1. The van der Waals surface area contributed by atoms with Crippen LogP contribution in [0.4, 0.5) is 0 Å². The first-order chi connectivity index (χ1) is 8.97. The van der Waals surface area contributed by atoms with E-state index in [4.69, 9.17) is 11.6 Å². The maximum absolute atomic E-state index is 12.0. The van der Waals surface area contributed by atoms with Crippen LogP contribution in [0.1, 0.15) is 6.92 Å².